The highest BCUT2D eigenvalue weighted by Gasteiger charge is 2.44. The minimum Gasteiger partial charge on any atom is -0.381 e. The second kappa shape index (κ2) is 6.55. The molecule has 0 spiro atoms. The number of hydrogen-bond acceptors (Lipinski definition) is 2. The van der Waals surface area contributed by atoms with E-state index in [1.165, 1.54) is 0 Å². The van der Waals surface area contributed by atoms with Gasteiger partial charge in [-0.1, -0.05) is 23.7 Å². The molecular formula is C17H21ClFNO2. The van der Waals surface area contributed by atoms with Crippen molar-refractivity contribution in [2.45, 2.75) is 37.3 Å². The molecule has 0 aromatic heterocycles. The molecular weight excluding hydrogens is 305 g/mol. The van der Waals surface area contributed by atoms with Gasteiger partial charge in [0.05, 0.1) is 5.41 Å². The van der Waals surface area contributed by atoms with E-state index in [1.54, 1.807) is 0 Å². The molecule has 0 saturated carbocycles. The molecule has 2 aliphatic heterocycles. The van der Waals surface area contributed by atoms with Crippen molar-refractivity contribution in [1.29, 1.82) is 0 Å². The molecule has 1 aromatic carbocycles. The highest BCUT2D eigenvalue weighted by Crippen LogP contribution is 2.38. The standard InChI is InChI=1S/C17H21ClFNO2/c18-14-3-1-13(2-4-14)17(7-11-22-12-8-17)16(21)20-9-5-15(19)6-10-20/h1-4,15H,5-12H2. The lowest BCUT2D eigenvalue weighted by atomic mass is 9.72. The first-order chi connectivity index (χ1) is 10.6. The Kier molecular flexibility index (Phi) is 4.69. The highest BCUT2D eigenvalue weighted by molar-refractivity contribution is 6.30. The number of alkyl halides is 1. The molecule has 0 unspecified atom stereocenters. The fraction of sp³-hybridized carbons (Fsp3) is 0.588. The topological polar surface area (TPSA) is 29.5 Å². The lowest BCUT2D eigenvalue weighted by Crippen LogP contribution is -2.52. The number of rotatable bonds is 2. The van der Waals surface area contributed by atoms with Crippen LogP contribution < -0.4 is 0 Å². The van der Waals surface area contributed by atoms with Gasteiger partial charge in [-0.25, -0.2) is 4.39 Å². The SMILES string of the molecule is O=C(N1CCC(F)CC1)C1(c2ccc(Cl)cc2)CCOCC1. The van der Waals surface area contributed by atoms with E-state index in [0.717, 1.165) is 5.56 Å². The van der Waals surface area contributed by atoms with Gasteiger partial charge in [-0.3, -0.25) is 4.79 Å². The number of hydrogen-bond donors (Lipinski definition) is 0. The summed E-state index contributed by atoms with van der Waals surface area (Å²) in [5.74, 6) is 0.116. The summed E-state index contributed by atoms with van der Waals surface area (Å²) in [6.07, 6.45) is 1.45. The number of nitrogens with zero attached hydrogens (tertiary/aromatic N) is 1. The number of halogens is 2. The Morgan fingerprint density at radius 2 is 1.77 bits per heavy atom. The minimum absolute atomic E-state index is 0.116. The maximum atomic E-state index is 13.4. The summed E-state index contributed by atoms with van der Waals surface area (Å²) < 4.78 is 18.8. The molecule has 3 nitrogen and oxygen atoms in total. The van der Waals surface area contributed by atoms with Gasteiger partial charge in [-0.2, -0.15) is 0 Å². The summed E-state index contributed by atoms with van der Waals surface area (Å²) in [5.41, 5.74) is 0.444. The van der Waals surface area contributed by atoms with Gasteiger partial charge in [-0.15, -0.1) is 0 Å². The molecule has 1 amide bonds. The van der Waals surface area contributed by atoms with E-state index in [-0.39, 0.29) is 5.91 Å². The average molecular weight is 326 g/mol. The average Bonchev–Trinajstić information content (AvgIpc) is 2.56. The van der Waals surface area contributed by atoms with Gasteiger partial charge in [0.15, 0.2) is 0 Å². The molecule has 2 heterocycles. The Labute approximate surface area is 135 Å². The highest BCUT2D eigenvalue weighted by atomic mass is 35.5. The molecule has 0 radical (unpaired) electrons. The fourth-order valence-electron chi connectivity index (χ4n) is 3.47. The maximum absolute atomic E-state index is 13.4. The van der Waals surface area contributed by atoms with E-state index in [1.807, 2.05) is 29.2 Å². The number of likely N-dealkylation sites (tertiary alicyclic amines) is 1. The Hall–Kier alpha value is -1.13. The van der Waals surface area contributed by atoms with Gasteiger partial charge < -0.3 is 9.64 Å². The van der Waals surface area contributed by atoms with Gasteiger partial charge in [0.1, 0.15) is 6.17 Å². The third kappa shape index (κ3) is 2.99. The summed E-state index contributed by atoms with van der Waals surface area (Å²) >= 11 is 5.98. The largest absolute Gasteiger partial charge is 0.381 e. The van der Waals surface area contributed by atoms with Crippen LogP contribution in [0.3, 0.4) is 0 Å². The lowest BCUT2D eigenvalue weighted by molar-refractivity contribution is -0.142. The van der Waals surface area contributed by atoms with Crippen molar-refractivity contribution in [2.75, 3.05) is 26.3 Å². The number of benzene rings is 1. The van der Waals surface area contributed by atoms with Crippen molar-refractivity contribution in [3.63, 3.8) is 0 Å². The molecule has 0 atom stereocenters. The first-order valence-electron chi connectivity index (χ1n) is 7.89. The van der Waals surface area contributed by atoms with Crippen molar-refractivity contribution >= 4 is 17.5 Å². The molecule has 5 heteroatoms. The molecule has 2 saturated heterocycles. The van der Waals surface area contributed by atoms with Gasteiger partial charge in [0, 0.05) is 31.3 Å². The summed E-state index contributed by atoms with van der Waals surface area (Å²) in [5, 5.41) is 0.664. The molecule has 3 rings (SSSR count). The Balaban J connectivity index is 1.88. The van der Waals surface area contributed by atoms with E-state index >= 15 is 0 Å². The van der Waals surface area contributed by atoms with Crippen LogP contribution in [0, 0.1) is 0 Å². The Morgan fingerprint density at radius 3 is 2.36 bits per heavy atom. The van der Waals surface area contributed by atoms with Crippen LogP contribution >= 0.6 is 11.6 Å². The third-order valence-electron chi connectivity index (χ3n) is 4.86. The molecule has 0 bridgehead atoms. The van der Waals surface area contributed by atoms with Crippen LogP contribution in [-0.4, -0.2) is 43.3 Å². The van der Waals surface area contributed by atoms with Crippen LogP contribution in [0.25, 0.3) is 0 Å². The molecule has 2 aliphatic rings. The summed E-state index contributed by atoms with van der Waals surface area (Å²) in [7, 11) is 0. The van der Waals surface area contributed by atoms with Gasteiger partial charge in [0.2, 0.25) is 5.91 Å². The van der Waals surface area contributed by atoms with E-state index in [0.29, 0.717) is 57.0 Å². The number of piperidine rings is 1. The summed E-state index contributed by atoms with van der Waals surface area (Å²) in [6, 6.07) is 7.53. The van der Waals surface area contributed by atoms with Gasteiger partial charge >= 0.3 is 0 Å². The molecule has 1 aromatic rings. The monoisotopic (exact) mass is 325 g/mol. The minimum atomic E-state index is -0.773. The zero-order chi connectivity index (χ0) is 15.6. The lowest BCUT2D eigenvalue weighted by Gasteiger charge is -2.41. The smallest absolute Gasteiger partial charge is 0.233 e. The van der Waals surface area contributed by atoms with Crippen LogP contribution in [0.4, 0.5) is 4.39 Å². The van der Waals surface area contributed by atoms with E-state index in [2.05, 4.69) is 0 Å². The molecule has 22 heavy (non-hydrogen) atoms. The second-order valence-corrected chi connectivity index (χ2v) is 6.60. The van der Waals surface area contributed by atoms with Crippen molar-refractivity contribution in [1.82, 2.24) is 4.90 Å². The number of amides is 1. The van der Waals surface area contributed by atoms with E-state index < -0.39 is 11.6 Å². The fourth-order valence-corrected chi connectivity index (χ4v) is 3.59. The van der Waals surface area contributed by atoms with Gasteiger partial charge in [0.25, 0.3) is 0 Å². The normalized spacial score (nSPS) is 22.5. The summed E-state index contributed by atoms with van der Waals surface area (Å²) in [4.78, 5) is 15.0. The van der Waals surface area contributed by atoms with Crippen molar-refractivity contribution in [2.24, 2.45) is 0 Å². The van der Waals surface area contributed by atoms with E-state index in [4.69, 9.17) is 16.3 Å². The van der Waals surface area contributed by atoms with Crippen LogP contribution in [0.15, 0.2) is 24.3 Å². The molecule has 120 valence electrons. The Morgan fingerprint density at radius 1 is 1.18 bits per heavy atom. The zero-order valence-electron chi connectivity index (χ0n) is 12.6. The molecule has 0 N–H and O–H groups in total. The quantitative estimate of drug-likeness (QED) is 0.834. The van der Waals surface area contributed by atoms with Crippen molar-refractivity contribution in [3.05, 3.63) is 34.9 Å². The number of carbonyl (C=O) groups excluding carboxylic acids is 1. The number of carbonyl (C=O) groups is 1. The third-order valence-corrected chi connectivity index (χ3v) is 5.12. The summed E-state index contributed by atoms with van der Waals surface area (Å²) in [6.45, 7) is 2.17. The van der Waals surface area contributed by atoms with Gasteiger partial charge in [-0.05, 0) is 43.4 Å². The van der Waals surface area contributed by atoms with Crippen LogP contribution in [-0.2, 0) is 14.9 Å². The predicted octanol–water partition coefficient (Wildman–Crippen LogP) is 3.35. The molecule has 0 aliphatic carbocycles. The Bertz CT molecular complexity index is 520. The maximum Gasteiger partial charge on any atom is 0.233 e. The predicted molar refractivity (Wildman–Crippen MR) is 83.9 cm³/mol. The second-order valence-electron chi connectivity index (χ2n) is 6.17. The first kappa shape index (κ1) is 15.8. The molecule has 2 fully saturated rings. The van der Waals surface area contributed by atoms with Crippen LogP contribution in [0.5, 0.6) is 0 Å². The van der Waals surface area contributed by atoms with Crippen molar-refractivity contribution < 1.29 is 13.9 Å². The zero-order valence-corrected chi connectivity index (χ0v) is 13.3. The number of ether oxygens (including phenoxy) is 1. The van der Waals surface area contributed by atoms with E-state index in [9.17, 15) is 9.18 Å². The van der Waals surface area contributed by atoms with Crippen LogP contribution in [0.1, 0.15) is 31.2 Å². The van der Waals surface area contributed by atoms with Crippen molar-refractivity contribution in [3.8, 4) is 0 Å². The first-order valence-corrected chi connectivity index (χ1v) is 8.27. The van der Waals surface area contributed by atoms with Crippen LogP contribution in [0.2, 0.25) is 5.02 Å².